The zero-order valence-electron chi connectivity index (χ0n) is 8.91. The average Bonchev–Trinajstić information content (AvgIpc) is 2.41. The molecule has 0 amide bonds. The fourth-order valence-corrected chi connectivity index (χ4v) is 1.32. The van der Waals surface area contributed by atoms with Crippen LogP contribution >= 0.6 is 0 Å². The predicted octanol–water partition coefficient (Wildman–Crippen LogP) is 1.87. The van der Waals surface area contributed by atoms with Crippen molar-refractivity contribution in [2.45, 2.75) is 0 Å². The van der Waals surface area contributed by atoms with E-state index in [0.29, 0.717) is 0 Å². The molecule has 0 aliphatic heterocycles. The van der Waals surface area contributed by atoms with E-state index in [4.69, 9.17) is 5.26 Å². The number of hydrogen-bond donors (Lipinski definition) is 1. The van der Waals surface area contributed by atoms with Gasteiger partial charge in [-0.3, -0.25) is 5.32 Å². The molecule has 1 heterocycles. The predicted molar refractivity (Wildman–Crippen MR) is 64.4 cm³/mol. The van der Waals surface area contributed by atoms with Crippen LogP contribution in [0.25, 0.3) is 11.1 Å². The largest absolute Gasteiger partial charge is 0.283 e. The first-order valence-electron chi connectivity index (χ1n) is 4.93. The van der Waals surface area contributed by atoms with Crippen LogP contribution in [0, 0.1) is 11.5 Å². The molecule has 82 valence electrons. The summed E-state index contributed by atoms with van der Waals surface area (Å²) in [6.07, 6.45) is 8.11. The second-order valence-electron chi connectivity index (χ2n) is 3.19. The van der Waals surface area contributed by atoms with Crippen LogP contribution in [0.15, 0.2) is 48.0 Å². The topological polar surface area (TPSA) is 74.0 Å². The molecule has 17 heavy (non-hydrogen) atoms. The lowest BCUT2D eigenvalue weighted by molar-refractivity contribution is 1.17. The van der Waals surface area contributed by atoms with Crippen LogP contribution in [0.3, 0.4) is 0 Å². The Balaban J connectivity index is 2.17. The summed E-state index contributed by atoms with van der Waals surface area (Å²) in [5.41, 5.74) is 2.75. The van der Waals surface area contributed by atoms with Gasteiger partial charge < -0.3 is 0 Å². The van der Waals surface area contributed by atoms with Crippen molar-refractivity contribution in [2.24, 2.45) is 4.99 Å². The van der Waals surface area contributed by atoms with Crippen LogP contribution in [-0.2, 0) is 0 Å². The van der Waals surface area contributed by atoms with E-state index in [0.717, 1.165) is 16.8 Å². The fourth-order valence-electron chi connectivity index (χ4n) is 1.32. The number of hydrogen-bond acceptors (Lipinski definition) is 4. The number of aliphatic imine (C=N–C) groups is 1. The summed E-state index contributed by atoms with van der Waals surface area (Å²) in [5.74, 6) is 0. The van der Waals surface area contributed by atoms with E-state index in [1.165, 1.54) is 12.7 Å². The monoisotopic (exact) mass is 223 g/mol. The maximum absolute atomic E-state index is 8.27. The maximum atomic E-state index is 8.27. The molecule has 0 fully saturated rings. The minimum Gasteiger partial charge on any atom is -0.283 e. The smallest absolute Gasteiger partial charge is 0.182 e. The molecule has 2 aromatic rings. The van der Waals surface area contributed by atoms with E-state index in [1.807, 2.05) is 24.3 Å². The first kappa shape index (κ1) is 10.8. The summed E-state index contributed by atoms with van der Waals surface area (Å²) in [4.78, 5) is 12.0. The Morgan fingerprint density at radius 1 is 1.12 bits per heavy atom. The van der Waals surface area contributed by atoms with Gasteiger partial charge >= 0.3 is 0 Å². The summed E-state index contributed by atoms with van der Waals surface area (Å²) in [5, 5.41) is 10.6. The van der Waals surface area contributed by atoms with Gasteiger partial charge in [0.2, 0.25) is 0 Å². The van der Waals surface area contributed by atoms with Crippen molar-refractivity contribution in [2.75, 3.05) is 0 Å². The average molecular weight is 223 g/mol. The van der Waals surface area contributed by atoms with Gasteiger partial charge in [0.25, 0.3) is 0 Å². The van der Waals surface area contributed by atoms with Gasteiger partial charge in [-0.1, -0.05) is 12.1 Å². The molecule has 0 aliphatic rings. The van der Waals surface area contributed by atoms with Crippen molar-refractivity contribution in [3.05, 3.63) is 43.0 Å². The Bertz CT molecular complexity index is 539. The Hall–Kier alpha value is -2.74. The van der Waals surface area contributed by atoms with Crippen LogP contribution in [0.2, 0.25) is 0 Å². The van der Waals surface area contributed by atoms with E-state index >= 15 is 0 Å². The van der Waals surface area contributed by atoms with Gasteiger partial charge in [-0.05, 0) is 17.7 Å². The van der Waals surface area contributed by atoms with Crippen molar-refractivity contribution in [3.63, 3.8) is 0 Å². The van der Waals surface area contributed by atoms with E-state index in [1.54, 1.807) is 18.6 Å². The molecule has 1 aromatic heterocycles. The molecule has 0 unspecified atom stereocenters. The second-order valence-corrected chi connectivity index (χ2v) is 3.19. The number of nitrogens with zero attached hydrogens (tertiary/aromatic N) is 4. The first-order valence-corrected chi connectivity index (χ1v) is 4.93. The molecule has 0 aliphatic carbocycles. The van der Waals surface area contributed by atoms with Crippen LogP contribution in [0.4, 0.5) is 5.69 Å². The third-order valence-electron chi connectivity index (χ3n) is 2.10. The molecule has 0 saturated heterocycles. The molecule has 0 radical (unpaired) electrons. The first-order chi connectivity index (χ1) is 8.40. The zero-order chi connectivity index (χ0) is 11.9. The summed E-state index contributed by atoms with van der Waals surface area (Å²) in [6.45, 7) is 0. The highest BCUT2D eigenvalue weighted by Crippen LogP contribution is 2.20. The van der Waals surface area contributed by atoms with E-state index in [-0.39, 0.29) is 0 Å². The molecule has 0 bridgehead atoms. The molecule has 5 heteroatoms. The molecule has 2 rings (SSSR count). The van der Waals surface area contributed by atoms with Crippen molar-refractivity contribution >= 4 is 12.0 Å². The van der Waals surface area contributed by atoms with Gasteiger partial charge in [0.05, 0.1) is 5.69 Å². The standard InChI is InChI=1S/C12H9N5/c13-7-16-9-17-12-3-1-10(2-4-12)11-5-14-8-15-6-11/h1-6,8-9H,(H,16,17). The minimum absolute atomic E-state index is 0.772. The minimum atomic E-state index is 0.772. The molecule has 0 spiro atoms. The number of nitriles is 1. The van der Waals surface area contributed by atoms with Crippen molar-refractivity contribution < 1.29 is 0 Å². The van der Waals surface area contributed by atoms with Crippen LogP contribution in [-0.4, -0.2) is 16.3 Å². The number of aromatic nitrogens is 2. The molecule has 1 aromatic carbocycles. The van der Waals surface area contributed by atoms with Gasteiger partial charge in [-0.15, -0.1) is 0 Å². The Morgan fingerprint density at radius 3 is 2.47 bits per heavy atom. The number of nitrogens with one attached hydrogen (secondary N) is 1. The highest BCUT2D eigenvalue weighted by atomic mass is 14.9. The highest BCUT2D eigenvalue weighted by molar-refractivity contribution is 5.66. The molecule has 5 nitrogen and oxygen atoms in total. The lowest BCUT2D eigenvalue weighted by Gasteiger charge is -2.00. The summed E-state index contributed by atoms with van der Waals surface area (Å²) < 4.78 is 0. The third kappa shape index (κ3) is 2.86. The number of rotatable bonds is 3. The zero-order valence-corrected chi connectivity index (χ0v) is 8.91. The second kappa shape index (κ2) is 5.37. The SMILES string of the molecule is N#CNC=Nc1ccc(-c2cncnc2)cc1. The summed E-state index contributed by atoms with van der Waals surface area (Å²) >= 11 is 0. The molecular formula is C12H9N5. The van der Waals surface area contributed by atoms with Gasteiger partial charge in [0, 0.05) is 18.0 Å². The molecule has 0 saturated carbocycles. The van der Waals surface area contributed by atoms with Crippen LogP contribution < -0.4 is 5.32 Å². The van der Waals surface area contributed by atoms with Gasteiger partial charge in [0.15, 0.2) is 6.19 Å². The van der Waals surface area contributed by atoms with Crippen molar-refractivity contribution in [3.8, 4) is 17.3 Å². The molecule has 1 N–H and O–H groups in total. The van der Waals surface area contributed by atoms with Crippen LogP contribution in [0.1, 0.15) is 0 Å². The van der Waals surface area contributed by atoms with Gasteiger partial charge in [-0.2, -0.15) is 5.26 Å². The molecular weight excluding hydrogens is 214 g/mol. The van der Waals surface area contributed by atoms with E-state index < -0.39 is 0 Å². The van der Waals surface area contributed by atoms with Crippen molar-refractivity contribution in [1.82, 2.24) is 15.3 Å². The van der Waals surface area contributed by atoms with E-state index in [2.05, 4.69) is 20.3 Å². The van der Waals surface area contributed by atoms with Gasteiger partial charge in [-0.25, -0.2) is 15.0 Å². The normalized spacial score (nSPS) is 10.1. The maximum Gasteiger partial charge on any atom is 0.182 e. The Labute approximate surface area is 98.5 Å². The lowest BCUT2D eigenvalue weighted by atomic mass is 10.1. The molecule has 0 atom stereocenters. The van der Waals surface area contributed by atoms with Crippen LogP contribution in [0.5, 0.6) is 0 Å². The quantitative estimate of drug-likeness (QED) is 0.373. The number of benzene rings is 1. The summed E-state index contributed by atoms with van der Waals surface area (Å²) in [6, 6.07) is 7.57. The van der Waals surface area contributed by atoms with E-state index in [9.17, 15) is 0 Å². The Kier molecular flexibility index (Phi) is 3.40. The fraction of sp³-hybridized carbons (Fsp3) is 0. The highest BCUT2D eigenvalue weighted by Gasteiger charge is 1.97. The van der Waals surface area contributed by atoms with Gasteiger partial charge in [0.1, 0.15) is 12.7 Å². The third-order valence-corrected chi connectivity index (χ3v) is 2.10. The Morgan fingerprint density at radius 2 is 1.82 bits per heavy atom. The lowest BCUT2D eigenvalue weighted by Crippen LogP contribution is -1.98. The summed E-state index contributed by atoms with van der Waals surface area (Å²) in [7, 11) is 0. The van der Waals surface area contributed by atoms with Crippen molar-refractivity contribution in [1.29, 1.82) is 5.26 Å².